The fourth-order valence-electron chi connectivity index (χ4n) is 6.40. The predicted octanol–water partition coefficient (Wildman–Crippen LogP) is 5.13. The van der Waals surface area contributed by atoms with Crippen LogP contribution in [0.15, 0.2) is 35.6 Å². The Balaban J connectivity index is 1.82. The summed E-state index contributed by atoms with van der Waals surface area (Å²) in [6.45, 7) is 8.52. The highest BCUT2D eigenvalue weighted by Gasteiger charge is 2.59. The molecule has 4 aliphatic carbocycles. The maximum absolute atomic E-state index is 12.4. The van der Waals surface area contributed by atoms with Crippen molar-refractivity contribution in [2.24, 2.45) is 28.6 Å². The van der Waals surface area contributed by atoms with Crippen molar-refractivity contribution < 1.29 is 9.90 Å². The van der Waals surface area contributed by atoms with Crippen molar-refractivity contribution in [2.45, 2.75) is 58.8 Å². The Labute approximate surface area is 139 Å². The lowest BCUT2D eigenvalue weighted by Gasteiger charge is -2.56. The van der Waals surface area contributed by atoms with Gasteiger partial charge in [-0.05, 0) is 61.9 Å². The zero-order valence-electron chi connectivity index (χ0n) is 14.4. The number of carbonyl (C=O) groups excluding carboxylic acids is 1. The summed E-state index contributed by atoms with van der Waals surface area (Å²) in [6.07, 6.45) is 11.5. The smallest absolute Gasteiger partial charge is 0.139 e. The molecule has 2 saturated carbocycles. The highest BCUT2D eigenvalue weighted by Crippen LogP contribution is 2.64. The minimum absolute atomic E-state index is 0.0949. The average molecular weight is 312 g/mol. The summed E-state index contributed by atoms with van der Waals surface area (Å²) in [6, 6.07) is 0. The van der Waals surface area contributed by atoms with Crippen LogP contribution in [0.2, 0.25) is 0 Å². The van der Waals surface area contributed by atoms with Crippen LogP contribution in [0.3, 0.4) is 0 Å². The maximum atomic E-state index is 12.4. The minimum atomic E-state index is -0.0953. The number of ketones is 1. The van der Waals surface area contributed by atoms with Crippen molar-refractivity contribution in [1.82, 2.24) is 0 Å². The fraction of sp³-hybridized carbons (Fsp3) is 0.667. The molecule has 0 aliphatic heterocycles. The lowest BCUT2D eigenvalue weighted by atomic mass is 9.48. The topological polar surface area (TPSA) is 37.3 Å². The monoisotopic (exact) mass is 312 g/mol. The number of allylic oxidation sites excluding steroid dienone is 4. The third kappa shape index (κ3) is 1.78. The van der Waals surface area contributed by atoms with Gasteiger partial charge in [-0.3, -0.25) is 4.79 Å². The SMILES string of the molecule is C=C1CC[C@@]2(CC)C(=C1O)C=C[C@@H]1[C@@H]2CC[C@]2(C)C(=O)CC[C@@H]12. The van der Waals surface area contributed by atoms with Crippen molar-refractivity contribution in [1.29, 1.82) is 0 Å². The van der Waals surface area contributed by atoms with E-state index in [4.69, 9.17) is 0 Å². The number of rotatable bonds is 1. The standard InChI is InChI=1S/C21H28O2/c1-4-21-12-9-13(2)19(23)17(21)6-5-14-15-7-8-18(22)20(15,3)11-10-16(14)21/h5-6,14-16,23H,2,4,7-12H2,1,3H3/t14-,15-,16-,20-,21+/m0/s1. The van der Waals surface area contributed by atoms with Crippen LogP contribution in [0.4, 0.5) is 0 Å². The van der Waals surface area contributed by atoms with Crippen molar-refractivity contribution >= 4 is 5.78 Å². The van der Waals surface area contributed by atoms with E-state index in [1.165, 1.54) is 0 Å². The molecule has 2 heteroatoms. The Bertz CT molecular complexity index is 640. The molecule has 0 unspecified atom stereocenters. The number of fused-ring (bicyclic) bond motifs is 5. The Kier molecular flexibility index (Phi) is 3.21. The van der Waals surface area contributed by atoms with Crippen LogP contribution < -0.4 is 0 Å². The Morgan fingerprint density at radius 3 is 2.78 bits per heavy atom. The molecular weight excluding hydrogens is 284 g/mol. The van der Waals surface area contributed by atoms with E-state index in [2.05, 4.69) is 32.6 Å². The van der Waals surface area contributed by atoms with Crippen molar-refractivity contribution in [3.05, 3.63) is 35.6 Å². The minimum Gasteiger partial charge on any atom is -0.507 e. The summed E-state index contributed by atoms with van der Waals surface area (Å²) < 4.78 is 0. The molecule has 0 aromatic carbocycles. The van der Waals surface area contributed by atoms with Crippen LogP contribution in [0.5, 0.6) is 0 Å². The van der Waals surface area contributed by atoms with E-state index >= 15 is 0 Å². The molecule has 4 rings (SSSR count). The highest BCUT2D eigenvalue weighted by atomic mass is 16.3. The van der Waals surface area contributed by atoms with E-state index in [0.717, 1.165) is 56.1 Å². The first-order valence-electron chi connectivity index (χ1n) is 9.27. The van der Waals surface area contributed by atoms with Crippen molar-refractivity contribution in [3.63, 3.8) is 0 Å². The lowest BCUT2D eigenvalue weighted by molar-refractivity contribution is -0.130. The summed E-state index contributed by atoms with van der Waals surface area (Å²) in [5.74, 6) is 2.52. The largest absolute Gasteiger partial charge is 0.507 e. The Morgan fingerprint density at radius 2 is 2.04 bits per heavy atom. The zero-order chi connectivity index (χ0) is 16.4. The highest BCUT2D eigenvalue weighted by molar-refractivity contribution is 5.87. The van der Waals surface area contributed by atoms with Crippen LogP contribution in [-0.4, -0.2) is 10.9 Å². The van der Waals surface area contributed by atoms with Gasteiger partial charge in [0.25, 0.3) is 0 Å². The van der Waals surface area contributed by atoms with Gasteiger partial charge in [0.15, 0.2) is 0 Å². The molecule has 0 amide bonds. The molecule has 2 nitrogen and oxygen atoms in total. The quantitative estimate of drug-likeness (QED) is 0.729. The molecule has 2 fully saturated rings. The molecule has 0 aromatic rings. The van der Waals surface area contributed by atoms with Gasteiger partial charge < -0.3 is 5.11 Å². The number of hydrogen-bond donors (Lipinski definition) is 1. The van der Waals surface area contributed by atoms with E-state index in [-0.39, 0.29) is 10.8 Å². The molecule has 0 radical (unpaired) electrons. The Morgan fingerprint density at radius 1 is 1.26 bits per heavy atom. The van der Waals surface area contributed by atoms with Gasteiger partial charge in [-0.25, -0.2) is 0 Å². The van der Waals surface area contributed by atoms with E-state index in [9.17, 15) is 9.90 Å². The molecule has 4 aliphatic rings. The molecule has 0 saturated heterocycles. The molecular formula is C21H28O2. The lowest BCUT2D eigenvalue weighted by Crippen LogP contribution is -2.50. The molecule has 0 aromatic heterocycles. The molecule has 5 atom stereocenters. The zero-order valence-corrected chi connectivity index (χ0v) is 14.4. The van der Waals surface area contributed by atoms with Crippen LogP contribution in [0.25, 0.3) is 0 Å². The first-order valence-corrected chi connectivity index (χ1v) is 9.27. The van der Waals surface area contributed by atoms with Gasteiger partial charge in [0.1, 0.15) is 11.5 Å². The van der Waals surface area contributed by atoms with Gasteiger partial charge in [-0.15, -0.1) is 0 Å². The predicted molar refractivity (Wildman–Crippen MR) is 91.9 cm³/mol. The van der Waals surface area contributed by atoms with E-state index in [1.54, 1.807) is 0 Å². The molecule has 0 spiro atoms. The van der Waals surface area contributed by atoms with Gasteiger partial charge >= 0.3 is 0 Å². The van der Waals surface area contributed by atoms with Crippen molar-refractivity contribution in [2.75, 3.05) is 0 Å². The van der Waals surface area contributed by atoms with Gasteiger partial charge in [-0.1, -0.05) is 32.6 Å². The van der Waals surface area contributed by atoms with Gasteiger partial charge in [0, 0.05) is 22.8 Å². The van der Waals surface area contributed by atoms with Crippen LogP contribution in [-0.2, 0) is 4.79 Å². The normalized spacial score (nSPS) is 45.7. The summed E-state index contributed by atoms with van der Waals surface area (Å²) in [7, 11) is 0. The van der Waals surface area contributed by atoms with E-state index in [0.29, 0.717) is 29.3 Å². The third-order valence-electron chi connectivity index (χ3n) is 7.87. The van der Waals surface area contributed by atoms with Gasteiger partial charge in [0.2, 0.25) is 0 Å². The van der Waals surface area contributed by atoms with Crippen LogP contribution in [0, 0.1) is 28.6 Å². The number of aliphatic hydroxyl groups is 1. The second-order valence-electron chi connectivity index (χ2n) is 8.44. The summed E-state index contributed by atoms with van der Waals surface area (Å²) in [5.41, 5.74) is 2.02. The first kappa shape index (κ1) is 15.2. The summed E-state index contributed by atoms with van der Waals surface area (Å²) >= 11 is 0. The number of aliphatic hydroxyl groups excluding tert-OH is 1. The molecule has 23 heavy (non-hydrogen) atoms. The van der Waals surface area contributed by atoms with Gasteiger partial charge in [-0.2, -0.15) is 0 Å². The van der Waals surface area contributed by atoms with E-state index in [1.807, 2.05) is 0 Å². The first-order chi connectivity index (χ1) is 10.9. The molecule has 124 valence electrons. The van der Waals surface area contributed by atoms with E-state index < -0.39 is 0 Å². The van der Waals surface area contributed by atoms with Crippen LogP contribution >= 0.6 is 0 Å². The van der Waals surface area contributed by atoms with Gasteiger partial charge in [0.05, 0.1) is 0 Å². The Hall–Kier alpha value is -1.31. The average Bonchev–Trinajstić information content (AvgIpc) is 2.86. The molecule has 0 heterocycles. The number of Topliss-reactive ketones (excluding diaryl/α,β-unsaturated/α-hetero) is 1. The number of carbonyl (C=O) groups is 1. The second kappa shape index (κ2) is 4.84. The summed E-state index contributed by atoms with van der Waals surface area (Å²) in [5, 5.41) is 10.6. The molecule has 1 N–H and O–H groups in total. The molecule has 0 bridgehead atoms. The fourth-order valence-corrected chi connectivity index (χ4v) is 6.40. The van der Waals surface area contributed by atoms with Crippen molar-refractivity contribution in [3.8, 4) is 0 Å². The second-order valence-corrected chi connectivity index (χ2v) is 8.44. The number of hydrogen-bond acceptors (Lipinski definition) is 2. The maximum Gasteiger partial charge on any atom is 0.139 e. The third-order valence-corrected chi connectivity index (χ3v) is 7.87. The summed E-state index contributed by atoms with van der Waals surface area (Å²) in [4.78, 5) is 12.4. The van der Waals surface area contributed by atoms with Crippen LogP contribution in [0.1, 0.15) is 58.8 Å².